The van der Waals surface area contributed by atoms with Crippen LogP contribution in [0, 0.1) is 5.41 Å². The van der Waals surface area contributed by atoms with Crippen molar-refractivity contribution >= 4 is 15.5 Å². The number of ether oxygens (including phenoxy) is 1. The highest BCUT2D eigenvalue weighted by Crippen LogP contribution is 2.36. The molecule has 110 valence electrons. The van der Waals surface area contributed by atoms with Crippen LogP contribution < -0.4 is 10.1 Å². The Hall–Kier alpha value is -1.23. The Balaban J connectivity index is 1.67. The summed E-state index contributed by atoms with van der Waals surface area (Å²) in [4.78, 5) is 0. The van der Waals surface area contributed by atoms with E-state index in [0.717, 1.165) is 24.4 Å². The second-order valence-electron chi connectivity index (χ2n) is 6.22. The summed E-state index contributed by atoms with van der Waals surface area (Å²) in [5, 5.41) is 3.36. The van der Waals surface area contributed by atoms with Gasteiger partial charge in [0.1, 0.15) is 15.6 Å². The highest BCUT2D eigenvalue weighted by atomic mass is 32.2. The summed E-state index contributed by atoms with van der Waals surface area (Å²) in [6.07, 6.45) is 2.43. The normalized spacial score (nSPS) is 22.9. The van der Waals surface area contributed by atoms with Gasteiger partial charge in [-0.2, -0.15) is 0 Å². The zero-order chi connectivity index (χ0) is 14.2. The molecule has 0 saturated carbocycles. The first-order chi connectivity index (χ1) is 9.48. The summed E-state index contributed by atoms with van der Waals surface area (Å²) < 4.78 is 29.0. The fraction of sp³-hybridized carbons (Fsp3) is 0.600. The quantitative estimate of drug-likeness (QED) is 0.929. The molecule has 2 aliphatic rings. The van der Waals surface area contributed by atoms with E-state index in [1.807, 2.05) is 12.1 Å². The summed E-state index contributed by atoms with van der Waals surface area (Å²) in [6, 6.07) is 6.13. The largest absolute Gasteiger partial charge is 0.491 e. The van der Waals surface area contributed by atoms with Gasteiger partial charge in [-0.1, -0.05) is 19.1 Å². The third-order valence-electron chi connectivity index (χ3n) is 4.42. The van der Waals surface area contributed by atoms with Gasteiger partial charge in [-0.05, 0) is 30.9 Å². The van der Waals surface area contributed by atoms with Crippen molar-refractivity contribution in [3.05, 3.63) is 23.8 Å². The molecule has 0 atom stereocenters. The maximum Gasteiger partial charge on any atom is 0.150 e. The number of rotatable bonds is 3. The molecule has 0 unspecified atom stereocenters. The van der Waals surface area contributed by atoms with Crippen molar-refractivity contribution in [2.24, 2.45) is 5.41 Å². The Morgan fingerprint density at radius 1 is 1.30 bits per heavy atom. The number of hydrogen-bond acceptors (Lipinski definition) is 4. The Labute approximate surface area is 120 Å². The van der Waals surface area contributed by atoms with E-state index in [1.54, 1.807) is 0 Å². The molecule has 3 rings (SSSR count). The number of hydrogen-bond donors (Lipinski definition) is 1. The van der Waals surface area contributed by atoms with Gasteiger partial charge in [-0.25, -0.2) is 8.42 Å². The maximum atomic E-state index is 11.5. The van der Waals surface area contributed by atoms with Gasteiger partial charge in [0.25, 0.3) is 0 Å². The van der Waals surface area contributed by atoms with Gasteiger partial charge < -0.3 is 10.1 Å². The molecule has 0 aromatic heterocycles. The number of sulfone groups is 1. The van der Waals surface area contributed by atoms with E-state index >= 15 is 0 Å². The van der Waals surface area contributed by atoms with Crippen molar-refractivity contribution in [2.75, 3.05) is 30.0 Å². The fourth-order valence-corrected chi connectivity index (χ4v) is 4.67. The third kappa shape index (κ3) is 2.77. The minimum atomic E-state index is -2.81. The Morgan fingerprint density at radius 2 is 2.05 bits per heavy atom. The molecule has 1 aromatic rings. The van der Waals surface area contributed by atoms with Crippen molar-refractivity contribution in [3.8, 4) is 5.75 Å². The van der Waals surface area contributed by atoms with Crippen molar-refractivity contribution in [2.45, 2.75) is 26.2 Å². The third-order valence-corrected chi connectivity index (χ3v) is 6.07. The highest BCUT2D eigenvalue weighted by Gasteiger charge is 2.34. The lowest BCUT2D eigenvalue weighted by atomic mass is 9.85. The van der Waals surface area contributed by atoms with Gasteiger partial charge in [-0.15, -0.1) is 0 Å². The molecular weight excluding hydrogens is 274 g/mol. The number of anilines is 1. The van der Waals surface area contributed by atoms with Crippen LogP contribution in [-0.2, 0) is 16.3 Å². The molecule has 0 radical (unpaired) electrons. The van der Waals surface area contributed by atoms with Crippen LogP contribution in [0.15, 0.2) is 18.2 Å². The van der Waals surface area contributed by atoms with Crippen LogP contribution in [0.5, 0.6) is 5.75 Å². The molecule has 0 amide bonds. The van der Waals surface area contributed by atoms with E-state index in [1.165, 1.54) is 5.56 Å². The lowest BCUT2D eigenvalue weighted by molar-refractivity contribution is 0.150. The zero-order valence-corrected chi connectivity index (χ0v) is 12.6. The molecule has 1 aromatic carbocycles. The first-order valence-electron chi connectivity index (χ1n) is 7.17. The van der Waals surface area contributed by atoms with E-state index < -0.39 is 9.84 Å². The van der Waals surface area contributed by atoms with E-state index in [9.17, 15) is 8.42 Å². The molecule has 20 heavy (non-hydrogen) atoms. The van der Waals surface area contributed by atoms with Crippen LogP contribution >= 0.6 is 0 Å². The average molecular weight is 295 g/mol. The molecule has 0 bridgehead atoms. The van der Waals surface area contributed by atoms with Gasteiger partial charge in [0.05, 0.1) is 23.8 Å². The number of benzene rings is 1. The lowest BCUT2D eigenvalue weighted by Crippen LogP contribution is -2.35. The maximum absolute atomic E-state index is 11.5. The van der Waals surface area contributed by atoms with Crippen LogP contribution in [-0.4, -0.2) is 33.1 Å². The summed E-state index contributed by atoms with van der Waals surface area (Å²) in [6.45, 7) is 3.67. The first kappa shape index (κ1) is 13.7. The zero-order valence-electron chi connectivity index (χ0n) is 11.8. The molecule has 1 saturated heterocycles. The minimum absolute atomic E-state index is 0.0351. The SMILES string of the molecule is CC1(COc2cccc3c2NCC3)CCS(=O)(=O)CC1. The van der Waals surface area contributed by atoms with Gasteiger partial charge in [0.2, 0.25) is 0 Å². The number of nitrogens with one attached hydrogen (secondary N) is 1. The smallest absolute Gasteiger partial charge is 0.150 e. The summed E-state index contributed by atoms with van der Waals surface area (Å²) in [5.74, 6) is 1.48. The summed E-state index contributed by atoms with van der Waals surface area (Å²) in [7, 11) is -2.81. The van der Waals surface area contributed by atoms with E-state index in [0.29, 0.717) is 19.4 Å². The second kappa shape index (κ2) is 4.95. The van der Waals surface area contributed by atoms with Crippen LogP contribution in [0.4, 0.5) is 5.69 Å². The topological polar surface area (TPSA) is 55.4 Å². The Bertz CT molecular complexity index is 596. The average Bonchev–Trinajstić information content (AvgIpc) is 2.89. The molecule has 1 fully saturated rings. The molecule has 2 heterocycles. The fourth-order valence-electron chi connectivity index (χ4n) is 2.86. The number of fused-ring (bicyclic) bond motifs is 1. The lowest BCUT2D eigenvalue weighted by Gasteiger charge is -2.33. The van der Waals surface area contributed by atoms with Crippen LogP contribution in [0.25, 0.3) is 0 Å². The monoisotopic (exact) mass is 295 g/mol. The predicted octanol–water partition coefficient (Wildman–Crippen LogP) is 2.25. The van der Waals surface area contributed by atoms with Crippen LogP contribution in [0.2, 0.25) is 0 Å². The van der Waals surface area contributed by atoms with Crippen LogP contribution in [0.1, 0.15) is 25.3 Å². The van der Waals surface area contributed by atoms with Crippen molar-refractivity contribution < 1.29 is 13.2 Å². The van der Waals surface area contributed by atoms with E-state index in [2.05, 4.69) is 18.3 Å². The summed E-state index contributed by atoms with van der Waals surface area (Å²) >= 11 is 0. The molecule has 4 nitrogen and oxygen atoms in total. The molecule has 2 aliphatic heterocycles. The van der Waals surface area contributed by atoms with E-state index in [4.69, 9.17) is 4.74 Å². The standard InChI is InChI=1S/C15H21NO3S/c1-15(6-9-20(17,18)10-7-15)11-19-13-4-2-3-12-5-8-16-14(12)13/h2-4,16H,5-11H2,1H3. The molecule has 0 aliphatic carbocycles. The van der Waals surface area contributed by atoms with Crippen molar-refractivity contribution in [1.82, 2.24) is 0 Å². The highest BCUT2D eigenvalue weighted by molar-refractivity contribution is 7.91. The summed E-state index contributed by atoms with van der Waals surface area (Å²) in [5.41, 5.74) is 2.38. The van der Waals surface area contributed by atoms with Gasteiger partial charge >= 0.3 is 0 Å². The molecule has 0 spiro atoms. The van der Waals surface area contributed by atoms with Gasteiger partial charge in [0.15, 0.2) is 0 Å². The minimum Gasteiger partial charge on any atom is -0.491 e. The van der Waals surface area contributed by atoms with Crippen LogP contribution in [0.3, 0.4) is 0 Å². The molecule has 1 N–H and O–H groups in total. The van der Waals surface area contributed by atoms with Crippen molar-refractivity contribution in [1.29, 1.82) is 0 Å². The molecular formula is C15H21NO3S. The van der Waals surface area contributed by atoms with E-state index in [-0.39, 0.29) is 16.9 Å². The molecule has 5 heteroatoms. The van der Waals surface area contributed by atoms with Gasteiger partial charge in [-0.3, -0.25) is 0 Å². The Kier molecular flexibility index (Phi) is 3.40. The van der Waals surface area contributed by atoms with Crippen molar-refractivity contribution in [3.63, 3.8) is 0 Å². The second-order valence-corrected chi connectivity index (χ2v) is 8.52. The first-order valence-corrected chi connectivity index (χ1v) is 8.99. The number of para-hydroxylation sites is 1. The Morgan fingerprint density at radius 3 is 2.80 bits per heavy atom. The predicted molar refractivity (Wildman–Crippen MR) is 80.1 cm³/mol. The van der Waals surface area contributed by atoms with Gasteiger partial charge in [0, 0.05) is 12.0 Å².